The second-order valence-electron chi connectivity index (χ2n) is 10.3. The normalized spacial score (nSPS) is 15.6. The molecular formula is C25H36N4O6S. The predicted octanol–water partition coefficient (Wildman–Crippen LogP) is 4.64. The van der Waals surface area contributed by atoms with Crippen molar-refractivity contribution in [3.05, 3.63) is 29.5 Å². The van der Waals surface area contributed by atoms with E-state index in [4.69, 9.17) is 4.74 Å². The quantitative estimate of drug-likeness (QED) is 0.437. The lowest BCUT2D eigenvalue weighted by Gasteiger charge is -2.23. The van der Waals surface area contributed by atoms with Crippen molar-refractivity contribution in [1.29, 1.82) is 0 Å². The topological polar surface area (TPSA) is 140 Å². The molecule has 1 amide bonds. The third-order valence-electron chi connectivity index (χ3n) is 6.31. The van der Waals surface area contributed by atoms with Crippen LogP contribution in [0.2, 0.25) is 0 Å². The minimum Gasteiger partial charge on any atom is -0.476 e. The van der Waals surface area contributed by atoms with Crippen molar-refractivity contribution in [1.82, 2.24) is 14.5 Å². The second-order valence-corrected chi connectivity index (χ2v) is 12.0. The maximum Gasteiger partial charge on any atom is 0.356 e. The molecule has 0 radical (unpaired) electrons. The van der Waals surface area contributed by atoms with Crippen LogP contribution in [0.15, 0.2) is 23.1 Å². The van der Waals surface area contributed by atoms with E-state index < -0.39 is 21.5 Å². The largest absolute Gasteiger partial charge is 0.476 e. The fourth-order valence-corrected chi connectivity index (χ4v) is 5.57. The molecular weight excluding hydrogens is 484 g/mol. The molecule has 11 heteroatoms. The van der Waals surface area contributed by atoms with Crippen LogP contribution in [0.4, 0.5) is 5.69 Å². The van der Waals surface area contributed by atoms with E-state index in [1.54, 1.807) is 19.9 Å². The number of hydrogen-bond acceptors (Lipinski definition) is 6. The van der Waals surface area contributed by atoms with Crippen molar-refractivity contribution < 1.29 is 27.9 Å². The van der Waals surface area contributed by atoms with Crippen LogP contribution in [0.3, 0.4) is 0 Å². The van der Waals surface area contributed by atoms with E-state index >= 15 is 0 Å². The number of sulfonamides is 1. The van der Waals surface area contributed by atoms with Gasteiger partial charge < -0.3 is 15.2 Å². The highest BCUT2D eigenvalue weighted by Crippen LogP contribution is 2.36. The van der Waals surface area contributed by atoms with Crippen molar-refractivity contribution in [2.75, 3.05) is 5.32 Å². The summed E-state index contributed by atoms with van der Waals surface area (Å²) in [5.74, 6) is -1.31. The van der Waals surface area contributed by atoms with Gasteiger partial charge in [0.25, 0.3) is 0 Å². The SMILES string of the molecule is CC[C@H](C)NS(=O)(=O)c1cc(NC(=O)C2CCCC2)ccc1Oc1c(C)c(C(=O)O)nn1C(C)(C)C. The van der Waals surface area contributed by atoms with E-state index in [0.717, 1.165) is 25.7 Å². The Balaban J connectivity index is 2.08. The number of carbonyl (C=O) groups excluding carboxylic acids is 1. The fraction of sp³-hybridized carbons (Fsp3) is 0.560. The average Bonchev–Trinajstić information content (AvgIpc) is 3.43. The van der Waals surface area contributed by atoms with Gasteiger partial charge in [-0.2, -0.15) is 5.10 Å². The summed E-state index contributed by atoms with van der Waals surface area (Å²) in [4.78, 5) is 24.2. The smallest absolute Gasteiger partial charge is 0.356 e. The summed E-state index contributed by atoms with van der Waals surface area (Å²) in [5, 5.41) is 16.6. The van der Waals surface area contributed by atoms with Crippen molar-refractivity contribution in [2.45, 2.75) is 90.1 Å². The molecule has 36 heavy (non-hydrogen) atoms. The van der Waals surface area contributed by atoms with Crippen molar-refractivity contribution >= 4 is 27.6 Å². The average molecular weight is 521 g/mol. The highest BCUT2D eigenvalue weighted by Gasteiger charge is 2.30. The Kier molecular flexibility index (Phi) is 8.14. The first kappa shape index (κ1) is 27.7. The molecule has 1 fully saturated rings. The predicted molar refractivity (Wildman–Crippen MR) is 136 cm³/mol. The van der Waals surface area contributed by atoms with E-state index in [1.165, 1.54) is 16.8 Å². The number of benzene rings is 1. The Bertz CT molecular complexity index is 1240. The lowest BCUT2D eigenvalue weighted by molar-refractivity contribution is -0.119. The van der Waals surface area contributed by atoms with E-state index in [2.05, 4.69) is 15.1 Å². The van der Waals surface area contributed by atoms with Crippen LogP contribution in [0.1, 0.15) is 82.8 Å². The van der Waals surface area contributed by atoms with Gasteiger partial charge in [0.2, 0.25) is 21.8 Å². The monoisotopic (exact) mass is 520 g/mol. The molecule has 2 aromatic rings. The molecule has 198 valence electrons. The number of nitrogens with one attached hydrogen (secondary N) is 2. The van der Waals surface area contributed by atoms with Gasteiger partial charge in [-0.25, -0.2) is 22.6 Å². The molecule has 0 aliphatic heterocycles. The van der Waals surface area contributed by atoms with Gasteiger partial charge in [-0.05, 0) is 72.1 Å². The zero-order valence-corrected chi connectivity index (χ0v) is 22.5. The number of nitrogens with zero attached hydrogens (tertiary/aromatic N) is 2. The Labute approximate surface area is 212 Å². The van der Waals surface area contributed by atoms with Gasteiger partial charge >= 0.3 is 5.97 Å². The van der Waals surface area contributed by atoms with Gasteiger partial charge in [0, 0.05) is 23.2 Å². The first-order valence-electron chi connectivity index (χ1n) is 12.2. The third kappa shape index (κ3) is 6.07. The van der Waals surface area contributed by atoms with Crippen LogP contribution in [-0.2, 0) is 20.4 Å². The summed E-state index contributed by atoms with van der Waals surface area (Å²) >= 11 is 0. The van der Waals surface area contributed by atoms with Crippen LogP contribution in [0.25, 0.3) is 0 Å². The number of carbonyl (C=O) groups is 2. The highest BCUT2D eigenvalue weighted by atomic mass is 32.2. The number of carboxylic acid groups (broad SMARTS) is 1. The molecule has 1 heterocycles. The molecule has 1 atom stereocenters. The highest BCUT2D eigenvalue weighted by molar-refractivity contribution is 7.89. The summed E-state index contributed by atoms with van der Waals surface area (Å²) in [6, 6.07) is 4.09. The molecule has 1 aromatic heterocycles. The second kappa shape index (κ2) is 10.6. The summed E-state index contributed by atoms with van der Waals surface area (Å²) in [6.45, 7) is 10.7. The van der Waals surface area contributed by atoms with Crippen molar-refractivity contribution in [2.24, 2.45) is 5.92 Å². The third-order valence-corrected chi connectivity index (χ3v) is 7.92. The van der Waals surface area contributed by atoms with Gasteiger partial charge in [0.1, 0.15) is 10.6 Å². The molecule has 0 unspecified atom stereocenters. The number of rotatable bonds is 9. The van der Waals surface area contributed by atoms with Crippen molar-refractivity contribution in [3.8, 4) is 11.6 Å². The molecule has 3 N–H and O–H groups in total. The van der Waals surface area contributed by atoms with Crippen LogP contribution in [-0.4, -0.2) is 41.2 Å². The van der Waals surface area contributed by atoms with E-state index in [1.807, 2.05) is 27.7 Å². The van der Waals surface area contributed by atoms with Crippen LogP contribution < -0.4 is 14.8 Å². The van der Waals surface area contributed by atoms with E-state index in [-0.39, 0.29) is 45.6 Å². The molecule has 0 bridgehead atoms. The number of ether oxygens (including phenoxy) is 1. The molecule has 0 saturated heterocycles. The van der Waals surface area contributed by atoms with Gasteiger partial charge in [0.15, 0.2) is 5.69 Å². The number of amides is 1. The van der Waals surface area contributed by atoms with E-state index in [0.29, 0.717) is 12.1 Å². The van der Waals surface area contributed by atoms with Gasteiger partial charge in [-0.15, -0.1) is 0 Å². The summed E-state index contributed by atoms with van der Waals surface area (Å²) < 4.78 is 36.9. The summed E-state index contributed by atoms with van der Waals surface area (Å²) in [5.41, 5.74) is -0.204. The maximum absolute atomic E-state index is 13.4. The lowest BCUT2D eigenvalue weighted by atomic mass is 10.1. The van der Waals surface area contributed by atoms with Gasteiger partial charge in [-0.1, -0.05) is 19.8 Å². The standard InChI is InChI=1S/C25H36N4O6S/c1-7-15(2)28-36(33,34)20-14-18(26-22(30)17-10-8-9-11-17)12-13-19(20)35-23-16(3)21(24(31)32)27-29(23)25(4,5)6/h12-15,17,28H,7-11H2,1-6H3,(H,26,30)(H,31,32)/t15-/m0/s1. The van der Waals surface area contributed by atoms with Crippen molar-refractivity contribution in [3.63, 3.8) is 0 Å². The lowest BCUT2D eigenvalue weighted by Crippen LogP contribution is -2.32. The fourth-order valence-electron chi connectivity index (χ4n) is 4.09. The zero-order chi connectivity index (χ0) is 26.8. The Morgan fingerprint density at radius 3 is 2.44 bits per heavy atom. The first-order valence-corrected chi connectivity index (χ1v) is 13.7. The minimum atomic E-state index is -4.04. The summed E-state index contributed by atoms with van der Waals surface area (Å²) in [7, 11) is -4.04. The Morgan fingerprint density at radius 2 is 1.89 bits per heavy atom. The molecule has 0 spiro atoms. The number of carboxylic acids is 1. The Morgan fingerprint density at radius 1 is 1.25 bits per heavy atom. The van der Waals surface area contributed by atoms with Crippen LogP contribution >= 0.6 is 0 Å². The van der Waals surface area contributed by atoms with E-state index in [9.17, 15) is 23.1 Å². The maximum atomic E-state index is 13.4. The molecule has 1 aromatic carbocycles. The molecule has 1 saturated carbocycles. The van der Waals surface area contributed by atoms with Crippen LogP contribution in [0.5, 0.6) is 11.6 Å². The number of aromatic carboxylic acids is 1. The molecule has 1 aliphatic carbocycles. The number of anilines is 1. The zero-order valence-electron chi connectivity index (χ0n) is 21.7. The van der Waals surface area contributed by atoms with Gasteiger partial charge in [0.05, 0.1) is 5.54 Å². The Hall–Kier alpha value is -2.92. The van der Waals surface area contributed by atoms with Crippen LogP contribution in [0, 0.1) is 12.8 Å². The number of hydrogen-bond donors (Lipinski definition) is 3. The molecule has 3 rings (SSSR count). The minimum absolute atomic E-state index is 0.00453. The number of aromatic nitrogens is 2. The molecule has 10 nitrogen and oxygen atoms in total. The van der Waals surface area contributed by atoms with Gasteiger partial charge in [-0.3, -0.25) is 4.79 Å². The first-order chi connectivity index (χ1) is 16.7. The summed E-state index contributed by atoms with van der Waals surface area (Å²) in [6.07, 6.45) is 4.21. The molecule has 1 aliphatic rings.